The minimum atomic E-state index is -4.64. The monoisotopic (exact) mass is 325 g/mol. The predicted molar refractivity (Wildman–Crippen MR) is 68.2 cm³/mol. The number of carbonyl (C=O) groups is 2. The van der Waals surface area contributed by atoms with E-state index >= 15 is 0 Å². The molecule has 3 N–H and O–H groups in total. The molecule has 118 valence electrons. The highest BCUT2D eigenvalue weighted by atomic mass is 32.2. The van der Waals surface area contributed by atoms with Crippen molar-refractivity contribution >= 4 is 23.7 Å². The molecule has 0 bridgehead atoms. The number of primary amides is 1. The van der Waals surface area contributed by atoms with Crippen molar-refractivity contribution in [1.29, 1.82) is 0 Å². The van der Waals surface area contributed by atoms with E-state index < -0.39 is 29.2 Å². The van der Waals surface area contributed by atoms with Crippen LogP contribution in [0.4, 0.5) is 18.0 Å². The fourth-order valence-corrected chi connectivity index (χ4v) is 2.46. The molecule has 0 aromatic carbocycles. The van der Waals surface area contributed by atoms with Gasteiger partial charge in [-0.05, 0) is 5.92 Å². The first-order chi connectivity index (χ1) is 9.54. The molecule has 21 heavy (non-hydrogen) atoms. The molecular formula is C10H14F3N5O2S. The van der Waals surface area contributed by atoms with Crippen LogP contribution in [0.5, 0.6) is 0 Å². The number of thioether (sulfide) groups is 1. The van der Waals surface area contributed by atoms with Crippen LogP contribution in [0.3, 0.4) is 0 Å². The third-order valence-electron chi connectivity index (χ3n) is 2.43. The summed E-state index contributed by atoms with van der Waals surface area (Å²) < 4.78 is 38.6. The van der Waals surface area contributed by atoms with E-state index in [0.717, 1.165) is 23.4 Å². The maximum absolute atomic E-state index is 12.6. The van der Waals surface area contributed by atoms with Crippen LogP contribution in [0.15, 0.2) is 5.16 Å². The number of imide groups is 1. The number of nitrogens with zero attached hydrogens (tertiary/aromatic N) is 3. The Labute approximate surface area is 122 Å². The molecule has 0 radical (unpaired) electrons. The van der Waals surface area contributed by atoms with E-state index in [0.29, 0.717) is 0 Å². The van der Waals surface area contributed by atoms with Crippen molar-refractivity contribution in [3.8, 4) is 0 Å². The number of alkyl halides is 3. The second-order valence-electron chi connectivity index (χ2n) is 4.50. The lowest BCUT2D eigenvalue weighted by molar-refractivity contribution is -0.147. The van der Waals surface area contributed by atoms with Gasteiger partial charge >= 0.3 is 12.2 Å². The van der Waals surface area contributed by atoms with Crippen LogP contribution in [0.1, 0.15) is 19.7 Å². The van der Waals surface area contributed by atoms with Gasteiger partial charge in [0.15, 0.2) is 5.16 Å². The third kappa shape index (κ3) is 4.34. The second kappa shape index (κ2) is 6.33. The summed E-state index contributed by atoms with van der Waals surface area (Å²) in [6.07, 6.45) is -4.64. The minimum absolute atomic E-state index is 0.0827. The van der Waals surface area contributed by atoms with E-state index in [-0.39, 0.29) is 11.1 Å². The van der Waals surface area contributed by atoms with Gasteiger partial charge in [0, 0.05) is 7.05 Å². The van der Waals surface area contributed by atoms with Gasteiger partial charge in [-0.3, -0.25) is 10.1 Å². The van der Waals surface area contributed by atoms with Crippen molar-refractivity contribution in [2.75, 3.05) is 0 Å². The Kier molecular flexibility index (Phi) is 5.20. The highest BCUT2D eigenvalue weighted by molar-refractivity contribution is 8.00. The Morgan fingerprint density at radius 1 is 1.33 bits per heavy atom. The first-order valence-corrected chi connectivity index (χ1v) is 6.65. The largest absolute Gasteiger partial charge is 0.451 e. The average molecular weight is 325 g/mol. The molecule has 0 aliphatic rings. The Hall–Kier alpha value is -1.78. The van der Waals surface area contributed by atoms with Gasteiger partial charge in [-0.1, -0.05) is 25.6 Å². The number of rotatable bonds is 4. The molecule has 0 saturated carbocycles. The maximum atomic E-state index is 12.6. The summed E-state index contributed by atoms with van der Waals surface area (Å²) in [6, 6.07) is -1.03. The Morgan fingerprint density at radius 3 is 2.29 bits per heavy atom. The molecule has 1 rings (SSSR count). The number of nitrogens with two attached hydrogens (primary N) is 1. The number of carbonyl (C=O) groups excluding carboxylic acids is 2. The fraction of sp³-hybridized carbons (Fsp3) is 0.600. The van der Waals surface area contributed by atoms with Crippen molar-refractivity contribution in [3.05, 3.63) is 5.82 Å². The van der Waals surface area contributed by atoms with Gasteiger partial charge in [0.2, 0.25) is 11.7 Å². The lowest BCUT2D eigenvalue weighted by Gasteiger charge is -2.18. The maximum Gasteiger partial charge on any atom is 0.451 e. The van der Waals surface area contributed by atoms with Gasteiger partial charge in [0.25, 0.3) is 0 Å². The molecule has 0 aliphatic heterocycles. The van der Waals surface area contributed by atoms with E-state index in [2.05, 4.69) is 10.2 Å². The number of halogens is 3. The molecule has 0 aliphatic carbocycles. The van der Waals surface area contributed by atoms with E-state index in [9.17, 15) is 22.8 Å². The molecule has 3 amide bonds. The summed E-state index contributed by atoms with van der Waals surface area (Å²) in [7, 11) is 1.15. The Balaban J connectivity index is 2.98. The van der Waals surface area contributed by atoms with Gasteiger partial charge in [-0.15, -0.1) is 10.2 Å². The number of amides is 3. The van der Waals surface area contributed by atoms with Crippen LogP contribution in [-0.2, 0) is 18.0 Å². The summed E-state index contributed by atoms with van der Waals surface area (Å²) in [5, 5.41) is 7.47. The number of nitrogens with one attached hydrogen (secondary N) is 1. The standard InChI is InChI=1S/C10H14F3N5O2S/c1-4(2)5(6(19)15-8(14)20)21-9-17-16-7(18(9)3)10(11,12)13/h4-5H,1-3H3,(H3,14,15,19,20)/t5-/m0/s1. The van der Waals surface area contributed by atoms with Gasteiger partial charge in [-0.2, -0.15) is 13.2 Å². The average Bonchev–Trinajstić information content (AvgIpc) is 2.65. The molecule has 0 fully saturated rings. The second-order valence-corrected chi connectivity index (χ2v) is 5.61. The minimum Gasteiger partial charge on any atom is -0.351 e. The molecule has 0 spiro atoms. The van der Waals surface area contributed by atoms with Crippen LogP contribution < -0.4 is 11.1 Å². The Morgan fingerprint density at radius 2 is 1.90 bits per heavy atom. The van der Waals surface area contributed by atoms with Crippen molar-refractivity contribution in [3.63, 3.8) is 0 Å². The van der Waals surface area contributed by atoms with Gasteiger partial charge in [0.05, 0.1) is 5.25 Å². The Bertz CT molecular complexity index is 543. The SMILES string of the molecule is CC(C)[C@H](Sc1nnc(C(F)(F)F)n1C)C(=O)NC(N)=O. The zero-order valence-electron chi connectivity index (χ0n) is 11.4. The summed E-state index contributed by atoms with van der Waals surface area (Å²) in [4.78, 5) is 22.5. The molecule has 1 aromatic heterocycles. The lowest BCUT2D eigenvalue weighted by atomic mass is 10.1. The highest BCUT2D eigenvalue weighted by Crippen LogP contribution is 2.32. The first kappa shape index (κ1) is 17.3. The molecule has 7 nitrogen and oxygen atoms in total. The summed E-state index contributed by atoms with van der Waals surface area (Å²) in [6.45, 7) is 3.36. The molecule has 1 aromatic rings. The smallest absolute Gasteiger partial charge is 0.351 e. The quantitative estimate of drug-likeness (QED) is 0.808. The van der Waals surface area contributed by atoms with Crippen molar-refractivity contribution < 1.29 is 22.8 Å². The van der Waals surface area contributed by atoms with E-state index in [1.165, 1.54) is 0 Å². The molecule has 1 heterocycles. The normalized spacial score (nSPS) is 13.3. The third-order valence-corrected chi connectivity index (χ3v) is 4.01. The number of hydrogen-bond donors (Lipinski definition) is 2. The zero-order valence-corrected chi connectivity index (χ0v) is 12.2. The first-order valence-electron chi connectivity index (χ1n) is 5.77. The van der Waals surface area contributed by atoms with Gasteiger partial charge in [0.1, 0.15) is 0 Å². The van der Waals surface area contributed by atoms with Crippen molar-refractivity contribution in [2.45, 2.75) is 30.4 Å². The molecule has 1 atom stereocenters. The predicted octanol–water partition coefficient (Wildman–Crippen LogP) is 1.15. The van der Waals surface area contributed by atoms with Crippen LogP contribution in [-0.4, -0.2) is 32.0 Å². The van der Waals surface area contributed by atoms with Gasteiger partial charge < -0.3 is 10.3 Å². The molecule has 0 saturated heterocycles. The van der Waals surface area contributed by atoms with E-state index in [1.54, 1.807) is 13.8 Å². The van der Waals surface area contributed by atoms with E-state index in [4.69, 9.17) is 5.73 Å². The van der Waals surface area contributed by atoms with Crippen molar-refractivity contribution in [2.24, 2.45) is 18.7 Å². The summed E-state index contributed by atoms with van der Waals surface area (Å²) in [5.41, 5.74) is 4.85. The topological polar surface area (TPSA) is 103 Å². The fourth-order valence-electron chi connectivity index (χ4n) is 1.46. The lowest BCUT2D eigenvalue weighted by Crippen LogP contribution is -2.42. The summed E-state index contributed by atoms with van der Waals surface area (Å²) in [5.74, 6) is -2.12. The summed E-state index contributed by atoms with van der Waals surface area (Å²) >= 11 is 0.780. The number of urea groups is 1. The van der Waals surface area contributed by atoms with Gasteiger partial charge in [-0.25, -0.2) is 4.79 Å². The highest BCUT2D eigenvalue weighted by Gasteiger charge is 2.38. The zero-order chi connectivity index (χ0) is 16.4. The number of hydrogen-bond acceptors (Lipinski definition) is 5. The molecule has 11 heteroatoms. The molecule has 0 unspecified atom stereocenters. The van der Waals surface area contributed by atoms with Crippen LogP contribution in [0, 0.1) is 5.92 Å². The van der Waals surface area contributed by atoms with Crippen LogP contribution in [0.2, 0.25) is 0 Å². The van der Waals surface area contributed by atoms with Crippen LogP contribution >= 0.6 is 11.8 Å². The molecular weight excluding hydrogens is 311 g/mol. The van der Waals surface area contributed by atoms with E-state index in [1.807, 2.05) is 5.32 Å². The van der Waals surface area contributed by atoms with Crippen LogP contribution in [0.25, 0.3) is 0 Å². The van der Waals surface area contributed by atoms with Crippen molar-refractivity contribution in [1.82, 2.24) is 20.1 Å². The number of aromatic nitrogens is 3.